The molecule has 0 radical (unpaired) electrons. The minimum Gasteiger partial charge on any atom is -0.311 e. The van der Waals surface area contributed by atoms with Crippen molar-refractivity contribution in [2.24, 2.45) is 0 Å². The van der Waals surface area contributed by atoms with Crippen LogP contribution in [0.2, 0.25) is 0 Å². The van der Waals surface area contributed by atoms with Crippen LogP contribution in [0.5, 0.6) is 0 Å². The molecule has 0 fully saturated rings. The summed E-state index contributed by atoms with van der Waals surface area (Å²) in [4.78, 5) is 7.35. The minimum atomic E-state index is 0.00206. The van der Waals surface area contributed by atoms with Crippen molar-refractivity contribution in [3.8, 4) is 22.3 Å². The second-order valence-corrected chi connectivity index (χ2v) is 15.5. The van der Waals surface area contributed by atoms with Crippen molar-refractivity contribution in [1.82, 2.24) is 0 Å². The summed E-state index contributed by atoms with van der Waals surface area (Å²) in [5.41, 5.74) is 20.3. The van der Waals surface area contributed by atoms with E-state index in [2.05, 4.69) is 246 Å². The minimum absolute atomic E-state index is 0.00206. The van der Waals surface area contributed by atoms with E-state index in [9.17, 15) is 0 Å². The Bertz CT molecular complexity index is 2930. The highest BCUT2D eigenvalue weighted by Crippen LogP contribution is 2.46. The summed E-state index contributed by atoms with van der Waals surface area (Å²) < 4.78 is 0. The van der Waals surface area contributed by atoms with Crippen LogP contribution >= 0.6 is 0 Å². The van der Waals surface area contributed by atoms with Crippen LogP contribution in [0.25, 0.3) is 22.3 Å². The maximum Gasteiger partial charge on any atom is 0.252 e. The molecule has 9 aromatic carbocycles. The molecule has 0 aromatic heterocycles. The maximum absolute atomic E-state index is 2.51. The summed E-state index contributed by atoms with van der Waals surface area (Å²) >= 11 is 0. The van der Waals surface area contributed by atoms with Crippen molar-refractivity contribution in [1.29, 1.82) is 0 Å². The fraction of sp³-hybridized carbons (Fsp3) is 0.0182. The molecule has 2 aliphatic heterocycles. The van der Waals surface area contributed by atoms with Gasteiger partial charge in [0.2, 0.25) is 0 Å². The van der Waals surface area contributed by atoms with Crippen LogP contribution in [0.3, 0.4) is 0 Å². The van der Waals surface area contributed by atoms with Crippen LogP contribution in [-0.4, -0.2) is 6.71 Å². The number of para-hydroxylation sites is 3. The lowest BCUT2D eigenvalue weighted by Crippen LogP contribution is -2.61. The first-order valence-electron chi connectivity index (χ1n) is 20.4. The number of benzene rings is 9. The monoisotopic (exact) mass is 753 g/mol. The number of anilines is 9. The van der Waals surface area contributed by atoms with Gasteiger partial charge in [-0.1, -0.05) is 151 Å². The highest BCUT2D eigenvalue weighted by molar-refractivity contribution is 7.00. The van der Waals surface area contributed by atoms with Gasteiger partial charge in [0.15, 0.2) is 0 Å². The molecule has 9 aromatic rings. The van der Waals surface area contributed by atoms with Gasteiger partial charge in [-0.3, -0.25) is 0 Å². The zero-order valence-electron chi connectivity index (χ0n) is 32.8. The van der Waals surface area contributed by atoms with Crippen molar-refractivity contribution >= 4 is 74.3 Å². The van der Waals surface area contributed by atoms with Crippen molar-refractivity contribution in [2.75, 3.05) is 14.7 Å². The first kappa shape index (κ1) is 34.7. The Kier molecular flexibility index (Phi) is 8.48. The quantitative estimate of drug-likeness (QED) is 0.150. The van der Waals surface area contributed by atoms with Gasteiger partial charge < -0.3 is 14.7 Å². The Labute approximate surface area is 346 Å². The van der Waals surface area contributed by atoms with Gasteiger partial charge in [-0.25, -0.2) is 0 Å². The van der Waals surface area contributed by atoms with E-state index in [1.807, 2.05) is 0 Å². The van der Waals surface area contributed by atoms with Gasteiger partial charge in [0, 0.05) is 51.2 Å². The third-order valence-electron chi connectivity index (χ3n) is 11.8. The molecular weight excluding hydrogens is 713 g/mol. The van der Waals surface area contributed by atoms with Crippen molar-refractivity contribution in [3.05, 3.63) is 230 Å². The van der Waals surface area contributed by atoms with Crippen LogP contribution in [0.4, 0.5) is 51.2 Å². The Morgan fingerprint density at radius 2 is 0.831 bits per heavy atom. The molecule has 0 bridgehead atoms. The molecule has 0 unspecified atom stereocenters. The molecule has 2 heterocycles. The van der Waals surface area contributed by atoms with Crippen LogP contribution in [0.1, 0.15) is 5.56 Å². The second kappa shape index (κ2) is 14.4. The van der Waals surface area contributed by atoms with E-state index in [1.54, 1.807) is 0 Å². The van der Waals surface area contributed by atoms with Crippen LogP contribution in [0.15, 0.2) is 224 Å². The highest BCUT2D eigenvalue weighted by Gasteiger charge is 2.43. The zero-order valence-corrected chi connectivity index (χ0v) is 32.8. The number of rotatable bonds is 7. The SMILES string of the molecule is Cc1cccc(-c2ccc3c(c2)N(c2cccc(-c4ccccc4)c2)c2cccc4c2B3c2ccc(N(c3ccccc3)c3ccccc3)cc2N4c2ccccc2)c1. The summed E-state index contributed by atoms with van der Waals surface area (Å²) in [7, 11) is 0. The predicted molar refractivity (Wildman–Crippen MR) is 251 cm³/mol. The Morgan fingerprint density at radius 3 is 1.49 bits per heavy atom. The van der Waals surface area contributed by atoms with Gasteiger partial charge in [-0.05, 0) is 124 Å². The summed E-state index contributed by atoms with van der Waals surface area (Å²) in [5, 5.41) is 0. The first-order chi connectivity index (χ1) is 29.2. The smallest absolute Gasteiger partial charge is 0.252 e. The third kappa shape index (κ3) is 6.00. The number of nitrogens with zero attached hydrogens (tertiary/aromatic N) is 3. The van der Waals surface area contributed by atoms with Gasteiger partial charge in [-0.15, -0.1) is 0 Å². The summed E-state index contributed by atoms with van der Waals surface area (Å²) in [6, 6.07) is 81.9. The molecule has 3 nitrogen and oxygen atoms in total. The van der Waals surface area contributed by atoms with Crippen LogP contribution in [0, 0.1) is 6.92 Å². The predicted octanol–water partition coefficient (Wildman–Crippen LogP) is 12.9. The first-order valence-corrected chi connectivity index (χ1v) is 20.4. The standard InChI is InChI=1S/C55H40BN3/c1-39-17-14-20-41(35-39)43-31-33-49-53(37-43)59(47-28-15-21-42(36-47)40-18-6-2-7-19-40)52-30-16-29-51-55(52)56(49)50-34-32-48(38-54(50)58(51)46-26-12-5-13-27-46)57(44-22-8-3-9-23-44)45-24-10-4-11-25-45/h2-38H,1H3. The van der Waals surface area contributed by atoms with E-state index in [-0.39, 0.29) is 6.71 Å². The summed E-state index contributed by atoms with van der Waals surface area (Å²) in [5.74, 6) is 0. The van der Waals surface area contributed by atoms with E-state index in [0.717, 1.165) is 28.4 Å². The fourth-order valence-electron chi connectivity index (χ4n) is 9.25. The lowest BCUT2D eigenvalue weighted by molar-refractivity contribution is 1.24. The van der Waals surface area contributed by atoms with Gasteiger partial charge in [-0.2, -0.15) is 0 Å². The molecule has 0 saturated heterocycles. The maximum atomic E-state index is 2.51. The largest absolute Gasteiger partial charge is 0.311 e. The Morgan fingerprint density at radius 1 is 0.339 bits per heavy atom. The van der Waals surface area contributed by atoms with E-state index < -0.39 is 0 Å². The summed E-state index contributed by atoms with van der Waals surface area (Å²) in [6.45, 7) is 2.17. The number of fused-ring (bicyclic) bond motifs is 4. The topological polar surface area (TPSA) is 9.72 Å². The van der Waals surface area contributed by atoms with E-state index in [4.69, 9.17) is 0 Å². The van der Waals surface area contributed by atoms with Gasteiger partial charge in [0.1, 0.15) is 0 Å². The third-order valence-corrected chi connectivity index (χ3v) is 11.8. The molecule has 2 aliphatic rings. The number of aryl methyl sites for hydroxylation is 1. The fourth-order valence-corrected chi connectivity index (χ4v) is 9.25. The molecule has 0 spiro atoms. The van der Waals surface area contributed by atoms with Crippen molar-refractivity contribution in [3.63, 3.8) is 0 Å². The normalized spacial score (nSPS) is 12.4. The van der Waals surface area contributed by atoms with Crippen LogP contribution < -0.4 is 31.1 Å². The molecular formula is C55H40BN3. The molecule has 0 atom stereocenters. The lowest BCUT2D eigenvalue weighted by Gasteiger charge is -2.44. The zero-order chi connectivity index (χ0) is 39.3. The second-order valence-electron chi connectivity index (χ2n) is 15.5. The molecule has 278 valence electrons. The molecule has 4 heteroatoms. The molecule has 0 aliphatic carbocycles. The van der Waals surface area contributed by atoms with Gasteiger partial charge in [0.05, 0.1) is 0 Å². The van der Waals surface area contributed by atoms with Crippen molar-refractivity contribution < 1.29 is 0 Å². The van der Waals surface area contributed by atoms with Gasteiger partial charge in [0.25, 0.3) is 6.71 Å². The Balaban J connectivity index is 1.17. The van der Waals surface area contributed by atoms with Crippen LogP contribution in [-0.2, 0) is 0 Å². The average Bonchev–Trinajstić information content (AvgIpc) is 3.30. The lowest BCUT2D eigenvalue weighted by atomic mass is 9.33. The summed E-state index contributed by atoms with van der Waals surface area (Å²) in [6.07, 6.45) is 0. The highest BCUT2D eigenvalue weighted by atomic mass is 15.2. The molecule has 59 heavy (non-hydrogen) atoms. The van der Waals surface area contributed by atoms with Crippen molar-refractivity contribution in [2.45, 2.75) is 6.92 Å². The number of hydrogen-bond acceptors (Lipinski definition) is 3. The van der Waals surface area contributed by atoms with Gasteiger partial charge >= 0.3 is 0 Å². The number of hydrogen-bond donors (Lipinski definition) is 0. The average molecular weight is 754 g/mol. The molecule has 0 amide bonds. The van der Waals surface area contributed by atoms with E-state index in [0.29, 0.717) is 0 Å². The van der Waals surface area contributed by atoms with E-state index >= 15 is 0 Å². The Hall–Kier alpha value is -7.56. The van der Waals surface area contributed by atoms with E-state index in [1.165, 1.54) is 67.0 Å². The molecule has 0 N–H and O–H groups in total. The molecule has 0 saturated carbocycles. The molecule has 11 rings (SSSR count).